The molecule has 4 heteroatoms. The largest absolute Gasteiger partial charge is 0.399 e. The zero-order valence-electron chi connectivity index (χ0n) is 8.22. The number of benzene rings is 1. The van der Waals surface area contributed by atoms with Crippen molar-refractivity contribution in [1.29, 1.82) is 0 Å². The molecule has 2 aliphatic rings. The zero-order chi connectivity index (χ0) is 9.71. The minimum atomic E-state index is 0. The Hall–Kier alpha value is -0.991. The predicted octanol–water partition coefficient (Wildman–Crippen LogP) is 1.32. The van der Waals surface area contributed by atoms with Gasteiger partial charge in [-0.3, -0.25) is 4.79 Å². The van der Waals surface area contributed by atoms with Crippen LogP contribution in [-0.2, 0) is 28.3 Å². The maximum Gasteiger partial charge on any atom is 0.231 e. The Bertz CT molecular complexity index is 415. The molecule has 1 aromatic carbocycles. The average molecular weight is 244 g/mol. The molecule has 1 fully saturated rings. The molecule has 1 amide bonds. The first-order valence-electron chi connectivity index (χ1n) is 4.96. The molecule has 1 aliphatic heterocycles. The van der Waals surface area contributed by atoms with Crippen molar-refractivity contribution >= 4 is 17.3 Å². The van der Waals surface area contributed by atoms with Gasteiger partial charge in [-0.2, -0.15) is 0 Å². The summed E-state index contributed by atoms with van der Waals surface area (Å²) in [5.41, 5.74) is 8.59. The summed E-state index contributed by atoms with van der Waals surface area (Å²) >= 11 is 0. The molecule has 0 saturated heterocycles. The van der Waals surface area contributed by atoms with E-state index in [0.717, 1.165) is 29.8 Å². The fourth-order valence-corrected chi connectivity index (χ4v) is 2.10. The smallest absolute Gasteiger partial charge is 0.231 e. The van der Waals surface area contributed by atoms with Gasteiger partial charge in [-0.25, -0.2) is 0 Å². The van der Waals surface area contributed by atoms with E-state index < -0.39 is 0 Å². The molecule has 3 nitrogen and oxygen atoms in total. The van der Waals surface area contributed by atoms with E-state index in [-0.39, 0.29) is 23.0 Å². The topological polar surface area (TPSA) is 46.3 Å². The Balaban J connectivity index is 0.000000853. The van der Waals surface area contributed by atoms with Gasteiger partial charge in [-0.1, -0.05) is 0 Å². The third kappa shape index (κ3) is 1.64. The first-order chi connectivity index (χ1) is 6.75. The van der Waals surface area contributed by atoms with Crippen molar-refractivity contribution in [3.8, 4) is 0 Å². The van der Waals surface area contributed by atoms with Gasteiger partial charge in [-0.05, 0) is 36.6 Å². The van der Waals surface area contributed by atoms with Crippen molar-refractivity contribution in [1.82, 2.24) is 0 Å². The van der Waals surface area contributed by atoms with Gasteiger partial charge in [0.2, 0.25) is 5.91 Å². The minimum Gasteiger partial charge on any atom is -0.399 e. The van der Waals surface area contributed by atoms with Crippen molar-refractivity contribution in [2.24, 2.45) is 0 Å². The van der Waals surface area contributed by atoms with Crippen LogP contribution in [0.3, 0.4) is 0 Å². The molecule has 1 aliphatic carbocycles. The van der Waals surface area contributed by atoms with Gasteiger partial charge < -0.3 is 10.6 Å². The van der Waals surface area contributed by atoms with Crippen molar-refractivity contribution in [2.75, 3.05) is 10.6 Å². The molecule has 0 radical (unpaired) electrons. The number of anilines is 2. The number of rotatable bonds is 1. The van der Waals surface area contributed by atoms with Gasteiger partial charge >= 0.3 is 0 Å². The SMILES string of the molecule is Nc1ccc2c(c1)CC(=O)N2C1CC1.[Fe]. The van der Waals surface area contributed by atoms with Crippen molar-refractivity contribution in [3.63, 3.8) is 0 Å². The minimum absolute atomic E-state index is 0. The molecule has 2 N–H and O–H groups in total. The summed E-state index contributed by atoms with van der Waals surface area (Å²) in [5.74, 6) is 0.230. The van der Waals surface area contributed by atoms with Crippen molar-refractivity contribution in [2.45, 2.75) is 25.3 Å². The summed E-state index contributed by atoms with van der Waals surface area (Å²) in [6.45, 7) is 0. The maximum absolute atomic E-state index is 11.7. The Morgan fingerprint density at radius 1 is 1.33 bits per heavy atom. The molecular weight excluding hydrogens is 232 g/mol. The Morgan fingerprint density at radius 3 is 2.73 bits per heavy atom. The number of hydrogen-bond acceptors (Lipinski definition) is 2. The van der Waals surface area contributed by atoms with Crippen LogP contribution in [0.25, 0.3) is 0 Å². The number of fused-ring (bicyclic) bond motifs is 1. The van der Waals surface area contributed by atoms with Gasteiger partial charge in [0.05, 0.1) is 6.42 Å². The number of carbonyl (C=O) groups is 1. The van der Waals surface area contributed by atoms with Gasteiger partial charge in [0, 0.05) is 34.5 Å². The molecule has 1 heterocycles. The summed E-state index contributed by atoms with van der Waals surface area (Å²) in [6.07, 6.45) is 2.82. The fourth-order valence-electron chi connectivity index (χ4n) is 2.10. The Kier molecular flexibility index (Phi) is 2.49. The van der Waals surface area contributed by atoms with E-state index in [2.05, 4.69) is 0 Å². The average Bonchev–Trinajstić information content (AvgIpc) is 2.89. The van der Waals surface area contributed by atoms with E-state index in [1.165, 1.54) is 0 Å². The van der Waals surface area contributed by atoms with Crippen molar-refractivity contribution in [3.05, 3.63) is 23.8 Å². The normalized spacial score (nSPS) is 18.7. The number of nitrogens with two attached hydrogens (primary N) is 1. The Morgan fingerprint density at radius 2 is 2.07 bits per heavy atom. The van der Waals surface area contributed by atoms with Gasteiger partial charge in [-0.15, -0.1) is 0 Å². The number of amides is 1. The molecule has 1 aromatic rings. The van der Waals surface area contributed by atoms with Gasteiger partial charge in [0.25, 0.3) is 0 Å². The van der Waals surface area contributed by atoms with E-state index >= 15 is 0 Å². The van der Waals surface area contributed by atoms with Crippen LogP contribution in [0, 0.1) is 0 Å². The molecule has 0 unspecified atom stereocenters. The number of nitrogen functional groups attached to an aromatic ring is 1. The summed E-state index contributed by atoms with van der Waals surface area (Å²) in [6, 6.07) is 6.21. The molecule has 0 aromatic heterocycles. The predicted molar refractivity (Wildman–Crippen MR) is 55.1 cm³/mol. The van der Waals surface area contributed by atoms with E-state index in [1.54, 1.807) is 0 Å². The molecule has 3 rings (SSSR count). The fraction of sp³-hybridized carbons (Fsp3) is 0.364. The molecule has 0 bridgehead atoms. The van der Waals surface area contributed by atoms with Crippen LogP contribution in [0.1, 0.15) is 18.4 Å². The van der Waals surface area contributed by atoms with Crippen molar-refractivity contribution < 1.29 is 21.9 Å². The summed E-state index contributed by atoms with van der Waals surface area (Å²) in [4.78, 5) is 13.6. The standard InChI is InChI=1S/C11H12N2O.Fe/c12-8-1-4-10-7(5-8)6-11(14)13(10)9-2-3-9;/h1,4-5,9H,2-3,6,12H2;. The maximum atomic E-state index is 11.7. The monoisotopic (exact) mass is 244 g/mol. The van der Waals surface area contributed by atoms with Crippen LogP contribution in [0.4, 0.5) is 11.4 Å². The molecule has 1 saturated carbocycles. The second-order valence-corrected chi connectivity index (χ2v) is 4.06. The van der Waals surface area contributed by atoms with Crippen LogP contribution in [-0.4, -0.2) is 11.9 Å². The van der Waals surface area contributed by atoms with E-state index in [1.807, 2.05) is 23.1 Å². The van der Waals surface area contributed by atoms with E-state index in [9.17, 15) is 4.79 Å². The number of carbonyl (C=O) groups excluding carboxylic acids is 1. The van der Waals surface area contributed by atoms with Crippen LogP contribution in [0.5, 0.6) is 0 Å². The second-order valence-electron chi connectivity index (χ2n) is 4.06. The molecule has 15 heavy (non-hydrogen) atoms. The summed E-state index contributed by atoms with van der Waals surface area (Å²) in [5, 5.41) is 0. The summed E-state index contributed by atoms with van der Waals surface area (Å²) in [7, 11) is 0. The summed E-state index contributed by atoms with van der Waals surface area (Å²) < 4.78 is 0. The third-order valence-corrected chi connectivity index (χ3v) is 2.89. The van der Waals surface area contributed by atoms with Crippen LogP contribution in [0.15, 0.2) is 18.2 Å². The van der Waals surface area contributed by atoms with E-state index in [0.29, 0.717) is 12.5 Å². The molecule has 80 valence electrons. The van der Waals surface area contributed by atoms with Gasteiger partial charge in [0.15, 0.2) is 0 Å². The molecule has 0 atom stereocenters. The van der Waals surface area contributed by atoms with E-state index in [4.69, 9.17) is 5.73 Å². The second kappa shape index (κ2) is 3.54. The molecule has 0 spiro atoms. The van der Waals surface area contributed by atoms with Gasteiger partial charge in [0.1, 0.15) is 0 Å². The Labute approximate surface area is 99.1 Å². The zero-order valence-corrected chi connectivity index (χ0v) is 9.32. The number of nitrogens with zero attached hydrogens (tertiary/aromatic N) is 1. The van der Waals surface area contributed by atoms with Crippen LogP contribution < -0.4 is 10.6 Å². The quantitative estimate of drug-likeness (QED) is 0.598. The van der Waals surface area contributed by atoms with Crippen LogP contribution in [0.2, 0.25) is 0 Å². The molecular formula is C11H12FeN2O. The first kappa shape index (κ1) is 10.5. The first-order valence-corrected chi connectivity index (χ1v) is 4.96. The third-order valence-electron chi connectivity index (χ3n) is 2.89. The number of hydrogen-bond donors (Lipinski definition) is 1. The van der Waals surface area contributed by atoms with Crippen LogP contribution >= 0.6 is 0 Å².